The summed E-state index contributed by atoms with van der Waals surface area (Å²) in [6, 6.07) is 5.71. The van der Waals surface area contributed by atoms with Crippen LogP contribution >= 0.6 is 0 Å². The maximum absolute atomic E-state index is 11.1. The Kier molecular flexibility index (Phi) is 5.52. The molecule has 1 aromatic rings. The van der Waals surface area contributed by atoms with E-state index < -0.39 is 4.92 Å². The normalized spacial score (nSPS) is 19.4. The van der Waals surface area contributed by atoms with Crippen LogP contribution in [0, 0.1) is 10.1 Å². The predicted molar refractivity (Wildman–Crippen MR) is 83.9 cm³/mol. The zero-order valence-electron chi connectivity index (χ0n) is 12.5. The van der Waals surface area contributed by atoms with Crippen molar-refractivity contribution in [3.05, 3.63) is 33.9 Å². The van der Waals surface area contributed by atoms with Crippen LogP contribution in [-0.2, 0) is 6.54 Å². The summed E-state index contributed by atoms with van der Waals surface area (Å²) < 4.78 is 0. The molecular formula is C15H24N4O2. The number of para-hydroxylation sites is 1. The van der Waals surface area contributed by atoms with Gasteiger partial charge in [0.05, 0.1) is 4.92 Å². The van der Waals surface area contributed by atoms with Gasteiger partial charge in [-0.05, 0) is 31.4 Å². The van der Waals surface area contributed by atoms with E-state index in [0.717, 1.165) is 18.5 Å². The summed E-state index contributed by atoms with van der Waals surface area (Å²) in [6.45, 7) is 3.97. The van der Waals surface area contributed by atoms with Crippen LogP contribution in [0.5, 0.6) is 0 Å². The summed E-state index contributed by atoms with van der Waals surface area (Å²) >= 11 is 0. The first-order chi connectivity index (χ1) is 10.2. The van der Waals surface area contributed by atoms with Crippen molar-refractivity contribution < 1.29 is 4.92 Å². The molecule has 0 aliphatic carbocycles. The largest absolute Gasteiger partial charge is 0.318 e. The number of nitrogens with zero attached hydrogens (tertiary/aromatic N) is 2. The average molecular weight is 292 g/mol. The highest BCUT2D eigenvalue weighted by molar-refractivity contribution is 5.65. The van der Waals surface area contributed by atoms with E-state index in [2.05, 4.69) is 17.2 Å². The van der Waals surface area contributed by atoms with Gasteiger partial charge in [0, 0.05) is 18.7 Å². The van der Waals surface area contributed by atoms with E-state index in [1.807, 2.05) is 6.07 Å². The van der Waals surface area contributed by atoms with Gasteiger partial charge in [-0.3, -0.25) is 20.9 Å². The second-order valence-corrected chi connectivity index (χ2v) is 5.62. The van der Waals surface area contributed by atoms with Crippen molar-refractivity contribution in [2.45, 2.75) is 51.6 Å². The highest BCUT2D eigenvalue weighted by atomic mass is 16.6. The lowest BCUT2D eigenvalue weighted by molar-refractivity contribution is -0.384. The average Bonchev–Trinajstić information content (AvgIpc) is 2.49. The third-order valence-corrected chi connectivity index (χ3v) is 4.21. The molecule has 1 aliphatic heterocycles. The standard InChI is InChI=1S/C15H24N4O2/c1-2-6-13-8-3-4-10-18(13)11-12-7-5-9-14(19(20)21)15(12)17-16/h5,7,9,13,17H,2-4,6,8,10-11,16H2,1H3. The lowest BCUT2D eigenvalue weighted by atomic mass is 9.97. The molecule has 1 heterocycles. The van der Waals surface area contributed by atoms with Crippen molar-refractivity contribution in [1.29, 1.82) is 0 Å². The SMILES string of the molecule is CCCC1CCCCN1Cc1cccc([N+](=O)[O-])c1NN. The maximum Gasteiger partial charge on any atom is 0.293 e. The Bertz CT molecular complexity index is 491. The number of hydrogen-bond donors (Lipinski definition) is 2. The number of nitro benzene ring substituents is 1. The second-order valence-electron chi connectivity index (χ2n) is 5.62. The van der Waals surface area contributed by atoms with Crippen molar-refractivity contribution in [2.75, 3.05) is 12.0 Å². The highest BCUT2D eigenvalue weighted by Crippen LogP contribution is 2.30. The molecule has 6 heteroatoms. The third kappa shape index (κ3) is 3.71. The number of likely N-dealkylation sites (tertiary alicyclic amines) is 1. The quantitative estimate of drug-likeness (QED) is 0.478. The topological polar surface area (TPSA) is 84.4 Å². The number of nitrogen functional groups attached to an aromatic ring is 1. The smallest absolute Gasteiger partial charge is 0.293 e. The Morgan fingerprint density at radius 1 is 1.48 bits per heavy atom. The number of rotatable bonds is 6. The van der Waals surface area contributed by atoms with E-state index in [1.165, 1.54) is 31.7 Å². The van der Waals surface area contributed by atoms with Gasteiger partial charge in [-0.25, -0.2) is 0 Å². The van der Waals surface area contributed by atoms with Crippen molar-refractivity contribution in [3.8, 4) is 0 Å². The molecule has 1 atom stereocenters. The van der Waals surface area contributed by atoms with Gasteiger partial charge in [-0.2, -0.15) is 0 Å². The van der Waals surface area contributed by atoms with Gasteiger partial charge in [0.2, 0.25) is 0 Å². The number of piperidine rings is 1. The van der Waals surface area contributed by atoms with Crippen molar-refractivity contribution >= 4 is 11.4 Å². The Morgan fingerprint density at radius 3 is 2.95 bits per heavy atom. The van der Waals surface area contributed by atoms with Crippen LogP contribution in [0.2, 0.25) is 0 Å². The fraction of sp³-hybridized carbons (Fsp3) is 0.600. The molecule has 0 saturated carbocycles. The fourth-order valence-corrected chi connectivity index (χ4v) is 3.18. The third-order valence-electron chi connectivity index (χ3n) is 4.21. The molecule has 0 radical (unpaired) electrons. The van der Waals surface area contributed by atoms with Gasteiger partial charge < -0.3 is 5.43 Å². The molecule has 0 aromatic heterocycles. The molecule has 1 unspecified atom stereocenters. The first-order valence-corrected chi connectivity index (χ1v) is 7.64. The van der Waals surface area contributed by atoms with Crippen LogP contribution in [0.15, 0.2) is 18.2 Å². The molecular weight excluding hydrogens is 268 g/mol. The van der Waals surface area contributed by atoms with Gasteiger partial charge >= 0.3 is 0 Å². The highest BCUT2D eigenvalue weighted by Gasteiger charge is 2.24. The Balaban J connectivity index is 2.21. The van der Waals surface area contributed by atoms with Crippen LogP contribution < -0.4 is 11.3 Å². The molecule has 1 aromatic carbocycles. The molecule has 2 rings (SSSR count). The summed E-state index contributed by atoms with van der Waals surface area (Å²) in [5.74, 6) is 5.51. The van der Waals surface area contributed by atoms with Crippen LogP contribution in [0.25, 0.3) is 0 Å². The van der Waals surface area contributed by atoms with Crippen LogP contribution in [0.3, 0.4) is 0 Å². The lowest BCUT2D eigenvalue weighted by Crippen LogP contribution is -2.39. The van der Waals surface area contributed by atoms with Crippen molar-refractivity contribution in [1.82, 2.24) is 4.90 Å². The van der Waals surface area contributed by atoms with Crippen molar-refractivity contribution in [3.63, 3.8) is 0 Å². The number of benzene rings is 1. The Morgan fingerprint density at radius 2 is 2.29 bits per heavy atom. The molecule has 0 spiro atoms. The molecule has 116 valence electrons. The molecule has 1 aliphatic rings. The summed E-state index contributed by atoms with van der Waals surface area (Å²) in [7, 11) is 0. The minimum atomic E-state index is -0.390. The number of hydrazine groups is 1. The second kappa shape index (κ2) is 7.38. The zero-order chi connectivity index (χ0) is 15.2. The fourth-order valence-electron chi connectivity index (χ4n) is 3.18. The summed E-state index contributed by atoms with van der Waals surface area (Å²) in [4.78, 5) is 13.1. The van der Waals surface area contributed by atoms with E-state index in [-0.39, 0.29) is 5.69 Å². The molecule has 3 N–H and O–H groups in total. The van der Waals surface area contributed by atoms with E-state index in [1.54, 1.807) is 6.07 Å². The van der Waals surface area contributed by atoms with Gasteiger partial charge in [0.25, 0.3) is 5.69 Å². The van der Waals surface area contributed by atoms with Gasteiger partial charge in [0.1, 0.15) is 5.69 Å². The number of nitrogens with one attached hydrogen (secondary N) is 1. The predicted octanol–water partition coefficient (Wildman–Crippen LogP) is 3.04. The Labute approximate surface area is 125 Å². The summed E-state index contributed by atoms with van der Waals surface area (Å²) in [5, 5.41) is 11.1. The molecule has 0 amide bonds. The minimum absolute atomic E-state index is 0.0408. The van der Waals surface area contributed by atoms with E-state index in [0.29, 0.717) is 18.3 Å². The zero-order valence-corrected chi connectivity index (χ0v) is 12.5. The minimum Gasteiger partial charge on any atom is -0.318 e. The first kappa shape index (κ1) is 15.7. The van der Waals surface area contributed by atoms with E-state index in [4.69, 9.17) is 5.84 Å². The van der Waals surface area contributed by atoms with E-state index >= 15 is 0 Å². The number of anilines is 1. The Hall–Kier alpha value is -1.66. The van der Waals surface area contributed by atoms with Gasteiger partial charge in [-0.15, -0.1) is 0 Å². The van der Waals surface area contributed by atoms with Crippen molar-refractivity contribution in [2.24, 2.45) is 5.84 Å². The first-order valence-electron chi connectivity index (χ1n) is 7.64. The van der Waals surface area contributed by atoms with Crippen LogP contribution in [0.4, 0.5) is 11.4 Å². The summed E-state index contributed by atoms with van der Waals surface area (Å²) in [6.07, 6.45) is 6.03. The molecule has 0 bridgehead atoms. The molecule has 1 fully saturated rings. The molecule has 6 nitrogen and oxygen atoms in total. The monoisotopic (exact) mass is 292 g/mol. The number of nitrogens with two attached hydrogens (primary N) is 1. The summed E-state index contributed by atoms with van der Waals surface area (Å²) in [5.41, 5.74) is 3.89. The van der Waals surface area contributed by atoms with Crippen LogP contribution in [0.1, 0.15) is 44.6 Å². The van der Waals surface area contributed by atoms with E-state index in [9.17, 15) is 10.1 Å². The molecule has 21 heavy (non-hydrogen) atoms. The van der Waals surface area contributed by atoms with Crippen LogP contribution in [-0.4, -0.2) is 22.4 Å². The lowest BCUT2D eigenvalue weighted by Gasteiger charge is -2.36. The molecule has 1 saturated heterocycles. The maximum atomic E-state index is 11.1. The van der Waals surface area contributed by atoms with Gasteiger partial charge in [-0.1, -0.05) is 31.9 Å². The number of hydrogen-bond acceptors (Lipinski definition) is 5. The number of nitro groups is 1. The van der Waals surface area contributed by atoms with Gasteiger partial charge in [0.15, 0.2) is 0 Å².